The molecule has 2 heterocycles. The standard InChI is InChI=1S/C20H16N4O2/c1-26-16-4-2-3-15(9-16)24-12-22-19-17(10-18(25)23-20(19)24)14-7-5-13(11-21)6-8-14/h2-9,12,17H,10H2,1H3,(H,23,25)/t17-/m1/s1. The number of carbonyl (C=O) groups is 1. The lowest BCUT2D eigenvalue weighted by atomic mass is 9.89. The van der Waals surface area contributed by atoms with Gasteiger partial charge in [-0.1, -0.05) is 18.2 Å². The van der Waals surface area contributed by atoms with Gasteiger partial charge in [0, 0.05) is 18.4 Å². The van der Waals surface area contributed by atoms with E-state index >= 15 is 0 Å². The molecule has 1 amide bonds. The SMILES string of the molecule is COc1cccc(-n2cnc3c2NC(=O)C[C@@H]3c2ccc(C#N)cc2)c1. The van der Waals surface area contributed by atoms with Gasteiger partial charge in [-0.25, -0.2) is 4.98 Å². The second-order valence-electron chi connectivity index (χ2n) is 6.09. The number of nitrogens with zero attached hydrogens (tertiary/aromatic N) is 3. The maximum Gasteiger partial charge on any atom is 0.226 e. The van der Waals surface area contributed by atoms with Crippen LogP contribution in [0.5, 0.6) is 5.75 Å². The van der Waals surface area contributed by atoms with Gasteiger partial charge in [-0.2, -0.15) is 5.26 Å². The molecule has 1 N–H and O–H groups in total. The van der Waals surface area contributed by atoms with Crippen LogP contribution in [0.15, 0.2) is 54.9 Å². The van der Waals surface area contributed by atoms with E-state index in [1.807, 2.05) is 41.0 Å². The van der Waals surface area contributed by atoms with E-state index in [0.717, 1.165) is 22.7 Å². The molecule has 0 saturated heterocycles. The average Bonchev–Trinajstić information content (AvgIpc) is 3.11. The molecule has 1 aliphatic heterocycles. The van der Waals surface area contributed by atoms with Crippen molar-refractivity contribution in [3.63, 3.8) is 0 Å². The predicted octanol–water partition coefficient (Wildman–Crippen LogP) is 3.23. The minimum atomic E-state index is -0.140. The van der Waals surface area contributed by atoms with E-state index in [2.05, 4.69) is 16.4 Å². The van der Waals surface area contributed by atoms with Gasteiger partial charge in [-0.3, -0.25) is 9.36 Å². The van der Waals surface area contributed by atoms with Crippen LogP contribution in [-0.4, -0.2) is 22.6 Å². The molecule has 128 valence electrons. The van der Waals surface area contributed by atoms with Crippen LogP contribution in [-0.2, 0) is 4.79 Å². The number of methoxy groups -OCH3 is 1. The molecule has 0 saturated carbocycles. The van der Waals surface area contributed by atoms with Crippen molar-refractivity contribution in [2.45, 2.75) is 12.3 Å². The Morgan fingerprint density at radius 1 is 1.27 bits per heavy atom. The highest BCUT2D eigenvalue weighted by molar-refractivity contribution is 5.94. The van der Waals surface area contributed by atoms with Gasteiger partial charge in [-0.15, -0.1) is 0 Å². The van der Waals surface area contributed by atoms with E-state index in [-0.39, 0.29) is 11.8 Å². The smallest absolute Gasteiger partial charge is 0.226 e. The second kappa shape index (κ2) is 6.37. The number of ether oxygens (including phenoxy) is 1. The van der Waals surface area contributed by atoms with Gasteiger partial charge in [0.1, 0.15) is 17.9 Å². The van der Waals surface area contributed by atoms with Crippen LogP contribution < -0.4 is 10.1 Å². The fourth-order valence-corrected chi connectivity index (χ4v) is 3.23. The van der Waals surface area contributed by atoms with Crippen LogP contribution in [0.4, 0.5) is 5.82 Å². The molecule has 1 aliphatic rings. The number of hydrogen-bond acceptors (Lipinski definition) is 4. The van der Waals surface area contributed by atoms with Gasteiger partial charge in [-0.05, 0) is 29.8 Å². The number of hydrogen-bond donors (Lipinski definition) is 1. The minimum absolute atomic E-state index is 0.0588. The van der Waals surface area contributed by atoms with Crippen LogP contribution >= 0.6 is 0 Å². The Labute approximate surface area is 150 Å². The van der Waals surface area contributed by atoms with Crippen molar-refractivity contribution >= 4 is 11.7 Å². The normalized spacial score (nSPS) is 15.7. The summed E-state index contributed by atoms with van der Waals surface area (Å²) in [7, 11) is 1.62. The summed E-state index contributed by atoms with van der Waals surface area (Å²) in [6, 6.07) is 17.0. The van der Waals surface area contributed by atoms with Gasteiger partial charge in [0.05, 0.1) is 30.1 Å². The number of benzene rings is 2. The number of rotatable bonds is 3. The minimum Gasteiger partial charge on any atom is -0.497 e. The van der Waals surface area contributed by atoms with Crippen molar-refractivity contribution in [2.24, 2.45) is 0 Å². The number of nitrogens with one attached hydrogen (secondary N) is 1. The number of amides is 1. The first-order valence-electron chi connectivity index (χ1n) is 8.21. The molecule has 0 bridgehead atoms. The van der Waals surface area contributed by atoms with Crippen molar-refractivity contribution in [3.05, 3.63) is 71.7 Å². The van der Waals surface area contributed by atoms with E-state index in [0.29, 0.717) is 17.8 Å². The molecular weight excluding hydrogens is 328 g/mol. The summed E-state index contributed by atoms with van der Waals surface area (Å²) in [6.07, 6.45) is 2.04. The number of aromatic nitrogens is 2. The molecule has 0 fully saturated rings. The summed E-state index contributed by atoms with van der Waals surface area (Å²) in [5, 5.41) is 11.9. The largest absolute Gasteiger partial charge is 0.497 e. The molecule has 2 aromatic carbocycles. The van der Waals surface area contributed by atoms with Crippen LogP contribution in [0.2, 0.25) is 0 Å². The molecule has 4 rings (SSSR count). The third-order valence-corrected chi connectivity index (χ3v) is 4.55. The third kappa shape index (κ3) is 2.70. The molecule has 3 aromatic rings. The molecule has 1 aromatic heterocycles. The number of carbonyl (C=O) groups excluding carboxylic acids is 1. The Balaban J connectivity index is 1.78. The molecule has 6 heteroatoms. The van der Waals surface area contributed by atoms with Gasteiger partial charge < -0.3 is 10.1 Å². The van der Waals surface area contributed by atoms with Gasteiger partial charge in [0.2, 0.25) is 5.91 Å². The monoisotopic (exact) mass is 344 g/mol. The summed E-state index contributed by atoms with van der Waals surface area (Å²) >= 11 is 0. The Morgan fingerprint density at radius 2 is 2.08 bits per heavy atom. The topological polar surface area (TPSA) is 79.9 Å². The van der Waals surface area contributed by atoms with Gasteiger partial charge >= 0.3 is 0 Å². The lowest BCUT2D eigenvalue weighted by molar-refractivity contribution is -0.116. The number of anilines is 1. The Kier molecular flexibility index (Phi) is 3.90. The Hall–Kier alpha value is -3.59. The van der Waals surface area contributed by atoms with Crippen molar-refractivity contribution in [1.29, 1.82) is 5.26 Å². The molecular formula is C20H16N4O2. The van der Waals surface area contributed by atoms with Crippen LogP contribution in [0, 0.1) is 11.3 Å². The number of fused-ring (bicyclic) bond motifs is 1. The molecule has 0 unspecified atom stereocenters. The fourth-order valence-electron chi connectivity index (χ4n) is 3.23. The zero-order valence-electron chi connectivity index (χ0n) is 14.1. The number of nitriles is 1. The molecule has 26 heavy (non-hydrogen) atoms. The third-order valence-electron chi connectivity index (χ3n) is 4.55. The van der Waals surface area contributed by atoms with Crippen molar-refractivity contribution < 1.29 is 9.53 Å². The summed E-state index contributed by atoms with van der Waals surface area (Å²) in [4.78, 5) is 16.9. The van der Waals surface area contributed by atoms with Crippen LogP contribution in [0.3, 0.4) is 0 Å². The summed E-state index contributed by atoms with van der Waals surface area (Å²) in [5.41, 5.74) is 3.24. The first kappa shape index (κ1) is 15.9. The Bertz CT molecular complexity index is 1020. The first-order valence-corrected chi connectivity index (χ1v) is 8.21. The summed E-state index contributed by atoms with van der Waals surface area (Å²) < 4.78 is 7.14. The van der Waals surface area contributed by atoms with Crippen LogP contribution in [0.25, 0.3) is 5.69 Å². The average molecular weight is 344 g/mol. The second-order valence-corrected chi connectivity index (χ2v) is 6.09. The van der Waals surface area contributed by atoms with E-state index in [1.54, 1.807) is 25.6 Å². The summed E-state index contributed by atoms with van der Waals surface area (Å²) in [5.74, 6) is 1.20. The van der Waals surface area contributed by atoms with E-state index < -0.39 is 0 Å². The van der Waals surface area contributed by atoms with Gasteiger partial charge in [0.15, 0.2) is 0 Å². The van der Waals surface area contributed by atoms with E-state index in [9.17, 15) is 4.79 Å². The highest BCUT2D eigenvalue weighted by Gasteiger charge is 2.31. The van der Waals surface area contributed by atoms with Crippen molar-refractivity contribution in [1.82, 2.24) is 9.55 Å². The maximum absolute atomic E-state index is 12.3. The van der Waals surface area contributed by atoms with E-state index in [4.69, 9.17) is 10.00 Å². The van der Waals surface area contributed by atoms with Crippen LogP contribution in [0.1, 0.15) is 29.2 Å². The highest BCUT2D eigenvalue weighted by atomic mass is 16.5. The quantitative estimate of drug-likeness (QED) is 0.791. The molecule has 6 nitrogen and oxygen atoms in total. The number of imidazole rings is 1. The van der Waals surface area contributed by atoms with Crippen molar-refractivity contribution in [3.8, 4) is 17.5 Å². The lowest BCUT2D eigenvalue weighted by Gasteiger charge is -2.23. The molecule has 0 spiro atoms. The first-order chi connectivity index (χ1) is 12.7. The fraction of sp³-hybridized carbons (Fsp3) is 0.150. The predicted molar refractivity (Wildman–Crippen MR) is 96.4 cm³/mol. The lowest BCUT2D eigenvalue weighted by Crippen LogP contribution is -2.24. The Morgan fingerprint density at radius 3 is 2.81 bits per heavy atom. The van der Waals surface area contributed by atoms with Crippen molar-refractivity contribution in [2.75, 3.05) is 12.4 Å². The molecule has 1 atom stereocenters. The zero-order valence-corrected chi connectivity index (χ0v) is 14.1. The maximum atomic E-state index is 12.3. The molecule has 0 aliphatic carbocycles. The van der Waals surface area contributed by atoms with Gasteiger partial charge in [0.25, 0.3) is 0 Å². The summed E-state index contributed by atoms with van der Waals surface area (Å²) in [6.45, 7) is 0. The zero-order chi connectivity index (χ0) is 18.1. The molecule has 0 radical (unpaired) electrons. The van der Waals surface area contributed by atoms with E-state index in [1.165, 1.54) is 0 Å². The highest BCUT2D eigenvalue weighted by Crippen LogP contribution is 2.37.